The lowest BCUT2D eigenvalue weighted by molar-refractivity contribution is -0.384. The van der Waals surface area contributed by atoms with E-state index in [4.69, 9.17) is 4.74 Å². The minimum atomic E-state index is -0.567. The third-order valence-electron chi connectivity index (χ3n) is 4.04. The highest BCUT2D eigenvalue weighted by molar-refractivity contribution is 5.92. The number of rotatable bonds is 6. The summed E-state index contributed by atoms with van der Waals surface area (Å²) in [6.07, 6.45) is 0. The average Bonchev–Trinajstić information content (AvgIpc) is 3.01. The molecule has 11 heteroatoms. The number of hydrogen-bond donors (Lipinski definition) is 1. The van der Waals surface area contributed by atoms with Gasteiger partial charge in [-0.25, -0.2) is 9.36 Å². The second-order valence-corrected chi connectivity index (χ2v) is 6.22. The van der Waals surface area contributed by atoms with Gasteiger partial charge in [-0.05, 0) is 32.0 Å². The van der Waals surface area contributed by atoms with Crippen LogP contribution < -0.4 is 15.6 Å². The lowest BCUT2D eigenvalue weighted by atomic mass is 10.2. The minimum Gasteiger partial charge on any atom is -0.494 e. The van der Waals surface area contributed by atoms with Crippen LogP contribution in [0.15, 0.2) is 41.2 Å². The van der Waals surface area contributed by atoms with E-state index in [0.29, 0.717) is 5.82 Å². The molecule has 1 N–H and O–H groups in total. The zero-order valence-electron chi connectivity index (χ0n) is 15.9. The molecule has 0 bridgehead atoms. The number of nitrogens with one attached hydrogen (secondary N) is 1. The van der Waals surface area contributed by atoms with E-state index < -0.39 is 16.4 Å². The molecule has 0 saturated carbocycles. The molecule has 3 aromatic rings. The molecule has 3 rings (SSSR count). The van der Waals surface area contributed by atoms with Gasteiger partial charge in [-0.3, -0.25) is 19.7 Å². The molecule has 29 heavy (non-hydrogen) atoms. The molecule has 0 aliphatic heterocycles. The summed E-state index contributed by atoms with van der Waals surface area (Å²) >= 11 is 0. The first kappa shape index (κ1) is 19.7. The summed E-state index contributed by atoms with van der Waals surface area (Å²) in [4.78, 5) is 34.8. The number of aromatic nitrogens is 4. The number of hydrogen-bond acceptors (Lipinski definition) is 7. The Balaban J connectivity index is 1.82. The van der Waals surface area contributed by atoms with Gasteiger partial charge in [0.25, 0.3) is 11.2 Å². The van der Waals surface area contributed by atoms with Crippen LogP contribution in [0, 0.1) is 24.0 Å². The van der Waals surface area contributed by atoms with Gasteiger partial charge in [-0.15, -0.1) is 5.10 Å². The van der Waals surface area contributed by atoms with Crippen LogP contribution in [0.2, 0.25) is 0 Å². The number of nitrogens with zero attached hydrogens (tertiary/aromatic N) is 5. The van der Waals surface area contributed by atoms with Crippen molar-refractivity contribution in [1.29, 1.82) is 0 Å². The molecule has 0 spiro atoms. The van der Waals surface area contributed by atoms with E-state index in [1.165, 1.54) is 37.4 Å². The van der Waals surface area contributed by atoms with Gasteiger partial charge >= 0.3 is 0 Å². The fourth-order valence-electron chi connectivity index (χ4n) is 2.75. The molecule has 0 radical (unpaired) electrons. The van der Waals surface area contributed by atoms with Crippen molar-refractivity contribution < 1.29 is 14.5 Å². The summed E-state index contributed by atoms with van der Waals surface area (Å²) in [5.41, 5.74) is 1.24. The van der Waals surface area contributed by atoms with E-state index >= 15 is 0 Å². The number of methoxy groups -OCH3 is 1. The maximum atomic E-state index is 12.4. The quantitative estimate of drug-likeness (QED) is 0.492. The zero-order chi connectivity index (χ0) is 21.1. The SMILES string of the molecule is COc1cc([N+](=O)[O-])ccc1NC(=O)Cn1nc(-n2nc(C)cc2C)ccc1=O. The van der Waals surface area contributed by atoms with Gasteiger partial charge in [0.05, 0.1) is 29.5 Å². The molecule has 11 nitrogen and oxygen atoms in total. The topological polar surface area (TPSA) is 134 Å². The van der Waals surface area contributed by atoms with Crippen molar-refractivity contribution in [3.05, 3.63) is 68.3 Å². The standard InChI is InChI=1S/C18H18N6O5/c1-11-8-12(2)23(20-11)16-6-7-18(26)22(21-16)10-17(25)19-14-5-4-13(24(27)28)9-15(14)29-3/h4-9H,10H2,1-3H3,(H,19,25). The van der Waals surface area contributed by atoms with Crippen molar-refractivity contribution in [2.45, 2.75) is 20.4 Å². The van der Waals surface area contributed by atoms with Crippen molar-refractivity contribution in [3.8, 4) is 11.6 Å². The van der Waals surface area contributed by atoms with Crippen molar-refractivity contribution >= 4 is 17.3 Å². The van der Waals surface area contributed by atoms with Crippen LogP contribution in [-0.4, -0.2) is 37.5 Å². The number of ether oxygens (including phenoxy) is 1. The average molecular weight is 398 g/mol. The Morgan fingerprint density at radius 3 is 2.59 bits per heavy atom. The smallest absolute Gasteiger partial charge is 0.273 e. The van der Waals surface area contributed by atoms with Crippen LogP contribution >= 0.6 is 0 Å². The summed E-state index contributed by atoms with van der Waals surface area (Å²) in [6, 6.07) is 8.49. The van der Waals surface area contributed by atoms with Gasteiger partial charge in [0.1, 0.15) is 12.3 Å². The van der Waals surface area contributed by atoms with Crippen LogP contribution in [-0.2, 0) is 11.3 Å². The predicted molar refractivity (Wildman–Crippen MR) is 103 cm³/mol. The first-order valence-electron chi connectivity index (χ1n) is 8.52. The molecule has 0 aliphatic carbocycles. The number of nitro benzene ring substituents is 1. The second-order valence-electron chi connectivity index (χ2n) is 6.22. The van der Waals surface area contributed by atoms with E-state index in [2.05, 4.69) is 15.5 Å². The fourth-order valence-corrected chi connectivity index (χ4v) is 2.75. The molecule has 0 aliphatic rings. The van der Waals surface area contributed by atoms with Gasteiger partial charge in [0.15, 0.2) is 5.82 Å². The maximum absolute atomic E-state index is 12.4. The first-order valence-corrected chi connectivity index (χ1v) is 8.52. The lowest BCUT2D eigenvalue weighted by Gasteiger charge is -2.11. The number of benzene rings is 1. The first-order chi connectivity index (χ1) is 13.8. The van der Waals surface area contributed by atoms with Gasteiger partial charge in [-0.2, -0.15) is 5.10 Å². The normalized spacial score (nSPS) is 10.6. The van der Waals surface area contributed by atoms with Crippen LogP contribution in [0.1, 0.15) is 11.4 Å². The second kappa shape index (κ2) is 7.92. The Labute approximate surface area is 164 Å². The van der Waals surface area contributed by atoms with Crippen LogP contribution in [0.4, 0.5) is 11.4 Å². The van der Waals surface area contributed by atoms with Crippen LogP contribution in [0.25, 0.3) is 5.82 Å². The molecule has 150 valence electrons. The fraction of sp³-hybridized carbons (Fsp3) is 0.222. The summed E-state index contributed by atoms with van der Waals surface area (Å²) < 4.78 is 7.67. The molecule has 2 aromatic heterocycles. The third-order valence-corrected chi connectivity index (χ3v) is 4.04. The molecule has 2 heterocycles. The molecular weight excluding hydrogens is 380 g/mol. The van der Waals surface area contributed by atoms with Crippen molar-refractivity contribution in [1.82, 2.24) is 19.6 Å². The van der Waals surface area contributed by atoms with Gasteiger partial charge in [0.2, 0.25) is 5.91 Å². The Hall–Kier alpha value is -4.02. The van der Waals surface area contributed by atoms with Gasteiger partial charge in [-0.1, -0.05) is 0 Å². The van der Waals surface area contributed by atoms with Crippen molar-refractivity contribution in [3.63, 3.8) is 0 Å². The molecule has 0 atom stereocenters. The molecule has 0 saturated heterocycles. The largest absolute Gasteiger partial charge is 0.494 e. The Kier molecular flexibility index (Phi) is 5.39. The predicted octanol–water partition coefficient (Wildman–Crippen LogP) is 1.60. The van der Waals surface area contributed by atoms with Gasteiger partial charge in [0, 0.05) is 17.8 Å². The van der Waals surface area contributed by atoms with E-state index in [1.807, 2.05) is 19.9 Å². The number of carbonyl (C=O) groups excluding carboxylic acids is 1. The lowest BCUT2D eigenvalue weighted by Crippen LogP contribution is -2.30. The summed E-state index contributed by atoms with van der Waals surface area (Å²) in [7, 11) is 1.33. The molecule has 1 amide bonds. The number of carbonyl (C=O) groups is 1. The summed E-state index contributed by atoms with van der Waals surface area (Å²) in [6.45, 7) is 3.33. The maximum Gasteiger partial charge on any atom is 0.273 e. The van der Waals surface area contributed by atoms with Crippen molar-refractivity contribution in [2.24, 2.45) is 0 Å². The highest BCUT2D eigenvalue weighted by Gasteiger charge is 2.15. The third kappa shape index (κ3) is 4.29. The number of amides is 1. The van der Waals surface area contributed by atoms with E-state index in [1.54, 1.807) is 4.68 Å². The molecule has 1 aromatic carbocycles. The molecule has 0 unspecified atom stereocenters. The Bertz CT molecular complexity index is 1150. The van der Waals surface area contributed by atoms with E-state index in [9.17, 15) is 19.7 Å². The Morgan fingerprint density at radius 1 is 1.21 bits per heavy atom. The van der Waals surface area contributed by atoms with Gasteiger partial charge < -0.3 is 10.1 Å². The highest BCUT2D eigenvalue weighted by Crippen LogP contribution is 2.28. The Morgan fingerprint density at radius 2 is 1.97 bits per heavy atom. The van der Waals surface area contributed by atoms with E-state index in [-0.39, 0.29) is 23.7 Å². The minimum absolute atomic E-state index is 0.129. The monoisotopic (exact) mass is 398 g/mol. The van der Waals surface area contributed by atoms with Crippen LogP contribution in [0.3, 0.4) is 0 Å². The molecular formula is C18H18N6O5. The highest BCUT2D eigenvalue weighted by atomic mass is 16.6. The van der Waals surface area contributed by atoms with Crippen LogP contribution in [0.5, 0.6) is 5.75 Å². The molecule has 0 fully saturated rings. The van der Waals surface area contributed by atoms with Crippen molar-refractivity contribution in [2.75, 3.05) is 12.4 Å². The number of aryl methyl sites for hydroxylation is 2. The number of nitro groups is 1. The summed E-state index contributed by atoms with van der Waals surface area (Å²) in [5.74, 6) is -0.0163. The number of non-ortho nitro benzene ring substituents is 1. The number of anilines is 1. The zero-order valence-corrected chi connectivity index (χ0v) is 15.9. The van der Waals surface area contributed by atoms with E-state index in [0.717, 1.165) is 16.1 Å². The summed E-state index contributed by atoms with van der Waals surface area (Å²) in [5, 5.41) is 21.9.